The Morgan fingerprint density at radius 1 is 1.14 bits per heavy atom. The number of fused-ring (bicyclic) bond motifs is 1. The van der Waals surface area contributed by atoms with Crippen molar-refractivity contribution in [3.8, 4) is 0 Å². The molecular formula is C17H23F2N3. The summed E-state index contributed by atoms with van der Waals surface area (Å²) in [5.41, 5.74) is 6.83. The highest BCUT2D eigenvalue weighted by Gasteiger charge is 2.17. The van der Waals surface area contributed by atoms with Crippen LogP contribution in [0.25, 0.3) is 11.0 Å². The number of nitrogens with zero attached hydrogens (tertiary/aromatic N) is 2. The van der Waals surface area contributed by atoms with Crippen molar-refractivity contribution in [1.29, 1.82) is 0 Å². The lowest BCUT2D eigenvalue weighted by Gasteiger charge is -2.21. The summed E-state index contributed by atoms with van der Waals surface area (Å²) < 4.78 is 28.9. The minimum atomic E-state index is -0.844. The fourth-order valence-electron chi connectivity index (χ4n) is 3.55. The lowest BCUT2D eigenvalue weighted by atomic mass is 9.86. The number of nitrogens with two attached hydrogens (primary N) is 1. The standard InChI is InChI=1S/C17H23F2N3/c18-13-10-15-16(11-14(13)19)22(9-8-20)17(21-15)7-6-12-4-2-1-3-5-12/h10-12H,1-9,20H2. The maximum Gasteiger partial charge on any atom is 0.161 e. The van der Waals surface area contributed by atoms with Gasteiger partial charge >= 0.3 is 0 Å². The Kier molecular flexibility index (Phi) is 4.71. The van der Waals surface area contributed by atoms with E-state index in [-0.39, 0.29) is 0 Å². The summed E-state index contributed by atoms with van der Waals surface area (Å²) >= 11 is 0. The maximum absolute atomic E-state index is 13.5. The Morgan fingerprint density at radius 2 is 1.86 bits per heavy atom. The van der Waals surface area contributed by atoms with Crippen LogP contribution in [0.3, 0.4) is 0 Å². The van der Waals surface area contributed by atoms with E-state index in [9.17, 15) is 8.78 Å². The van der Waals surface area contributed by atoms with E-state index in [4.69, 9.17) is 5.73 Å². The number of aryl methyl sites for hydroxylation is 1. The molecule has 1 aliphatic carbocycles. The van der Waals surface area contributed by atoms with Gasteiger partial charge in [-0.15, -0.1) is 0 Å². The number of hydrogen-bond donors (Lipinski definition) is 1. The van der Waals surface area contributed by atoms with Crippen molar-refractivity contribution in [2.45, 2.75) is 51.5 Å². The first-order valence-electron chi connectivity index (χ1n) is 8.23. The van der Waals surface area contributed by atoms with Gasteiger partial charge in [-0.05, 0) is 12.3 Å². The summed E-state index contributed by atoms with van der Waals surface area (Å²) in [6.45, 7) is 1.04. The van der Waals surface area contributed by atoms with E-state index in [2.05, 4.69) is 4.98 Å². The molecule has 120 valence electrons. The minimum absolute atomic E-state index is 0.459. The number of benzene rings is 1. The molecule has 0 aliphatic heterocycles. The molecule has 0 bridgehead atoms. The molecule has 1 saturated carbocycles. The SMILES string of the molecule is NCCn1c(CCC2CCCCC2)nc2cc(F)c(F)cc21. The molecule has 1 heterocycles. The third-order valence-electron chi connectivity index (χ3n) is 4.72. The molecule has 3 nitrogen and oxygen atoms in total. The van der Waals surface area contributed by atoms with E-state index in [1.807, 2.05) is 4.57 Å². The Hall–Kier alpha value is -1.49. The third-order valence-corrected chi connectivity index (χ3v) is 4.72. The van der Waals surface area contributed by atoms with Gasteiger partial charge < -0.3 is 10.3 Å². The number of hydrogen-bond acceptors (Lipinski definition) is 2. The van der Waals surface area contributed by atoms with Gasteiger partial charge in [-0.3, -0.25) is 0 Å². The second-order valence-electron chi connectivity index (χ2n) is 6.27. The molecular weight excluding hydrogens is 284 g/mol. The van der Waals surface area contributed by atoms with E-state index in [0.29, 0.717) is 24.1 Å². The number of imidazole rings is 1. The van der Waals surface area contributed by atoms with Crippen LogP contribution in [0.4, 0.5) is 8.78 Å². The molecule has 5 heteroatoms. The van der Waals surface area contributed by atoms with E-state index < -0.39 is 11.6 Å². The Balaban J connectivity index is 1.85. The maximum atomic E-state index is 13.5. The molecule has 0 spiro atoms. The molecule has 2 N–H and O–H groups in total. The average molecular weight is 307 g/mol. The first-order chi connectivity index (χ1) is 10.7. The van der Waals surface area contributed by atoms with Gasteiger partial charge in [-0.1, -0.05) is 32.1 Å². The first kappa shape index (κ1) is 15.4. The van der Waals surface area contributed by atoms with E-state index in [0.717, 1.165) is 24.6 Å². The van der Waals surface area contributed by atoms with Crippen LogP contribution >= 0.6 is 0 Å². The monoisotopic (exact) mass is 307 g/mol. The normalized spacial score (nSPS) is 16.5. The molecule has 0 unspecified atom stereocenters. The first-order valence-corrected chi connectivity index (χ1v) is 8.23. The Morgan fingerprint density at radius 3 is 2.59 bits per heavy atom. The minimum Gasteiger partial charge on any atom is -0.329 e. The van der Waals surface area contributed by atoms with Gasteiger partial charge in [-0.2, -0.15) is 0 Å². The van der Waals surface area contributed by atoms with Crippen molar-refractivity contribution < 1.29 is 8.78 Å². The molecule has 1 aromatic carbocycles. The summed E-state index contributed by atoms with van der Waals surface area (Å²) in [5, 5.41) is 0. The third kappa shape index (κ3) is 3.14. The van der Waals surface area contributed by atoms with Crippen molar-refractivity contribution in [2.75, 3.05) is 6.54 Å². The number of rotatable bonds is 5. The van der Waals surface area contributed by atoms with Crippen LogP contribution in [-0.2, 0) is 13.0 Å². The highest BCUT2D eigenvalue weighted by molar-refractivity contribution is 5.76. The van der Waals surface area contributed by atoms with Crippen LogP contribution in [-0.4, -0.2) is 16.1 Å². The smallest absolute Gasteiger partial charge is 0.161 e. The van der Waals surface area contributed by atoms with Crippen molar-refractivity contribution in [1.82, 2.24) is 9.55 Å². The Labute approximate surface area is 129 Å². The van der Waals surface area contributed by atoms with Gasteiger partial charge in [0, 0.05) is 31.6 Å². The summed E-state index contributed by atoms with van der Waals surface area (Å²) in [7, 11) is 0. The molecule has 22 heavy (non-hydrogen) atoms. The van der Waals surface area contributed by atoms with Crippen LogP contribution < -0.4 is 5.73 Å². The zero-order valence-corrected chi connectivity index (χ0v) is 12.8. The quantitative estimate of drug-likeness (QED) is 0.913. The summed E-state index contributed by atoms with van der Waals surface area (Å²) in [6, 6.07) is 2.42. The van der Waals surface area contributed by atoms with E-state index in [1.54, 1.807) is 0 Å². The predicted octanol–water partition coefficient (Wildman–Crippen LogP) is 3.79. The van der Waals surface area contributed by atoms with E-state index >= 15 is 0 Å². The molecule has 1 fully saturated rings. The lowest BCUT2D eigenvalue weighted by Crippen LogP contribution is -2.14. The van der Waals surface area contributed by atoms with Gasteiger partial charge in [0.2, 0.25) is 0 Å². The summed E-state index contributed by atoms with van der Waals surface area (Å²) in [5.74, 6) is -0.0161. The fourth-order valence-corrected chi connectivity index (χ4v) is 3.55. The lowest BCUT2D eigenvalue weighted by molar-refractivity contribution is 0.336. The van der Waals surface area contributed by atoms with Crippen molar-refractivity contribution >= 4 is 11.0 Å². The zero-order valence-electron chi connectivity index (χ0n) is 12.8. The largest absolute Gasteiger partial charge is 0.329 e. The van der Waals surface area contributed by atoms with Crippen LogP contribution in [0.2, 0.25) is 0 Å². The van der Waals surface area contributed by atoms with Gasteiger partial charge in [0.1, 0.15) is 5.82 Å². The molecule has 0 atom stereocenters. The van der Waals surface area contributed by atoms with Crippen molar-refractivity contribution in [3.05, 3.63) is 29.6 Å². The Bertz CT molecular complexity index is 645. The number of halogens is 2. The highest BCUT2D eigenvalue weighted by atomic mass is 19.2. The second kappa shape index (κ2) is 6.73. The summed E-state index contributed by atoms with van der Waals surface area (Å²) in [4.78, 5) is 4.52. The molecule has 0 radical (unpaired) electrons. The molecule has 1 aliphatic rings. The molecule has 0 amide bonds. The van der Waals surface area contributed by atoms with Crippen molar-refractivity contribution in [2.24, 2.45) is 11.7 Å². The van der Waals surface area contributed by atoms with Crippen LogP contribution in [0.5, 0.6) is 0 Å². The fraction of sp³-hybridized carbons (Fsp3) is 0.588. The van der Waals surface area contributed by atoms with Gasteiger partial charge in [0.15, 0.2) is 11.6 Å². The molecule has 3 rings (SSSR count). The predicted molar refractivity (Wildman–Crippen MR) is 83.6 cm³/mol. The van der Waals surface area contributed by atoms with E-state index in [1.165, 1.54) is 44.2 Å². The zero-order chi connectivity index (χ0) is 15.5. The van der Waals surface area contributed by atoms with Gasteiger partial charge in [-0.25, -0.2) is 13.8 Å². The molecule has 2 aromatic rings. The van der Waals surface area contributed by atoms with Gasteiger partial charge in [0.25, 0.3) is 0 Å². The number of aromatic nitrogens is 2. The molecule has 1 aromatic heterocycles. The highest BCUT2D eigenvalue weighted by Crippen LogP contribution is 2.28. The molecule has 0 saturated heterocycles. The van der Waals surface area contributed by atoms with Crippen LogP contribution in [0.15, 0.2) is 12.1 Å². The van der Waals surface area contributed by atoms with Crippen molar-refractivity contribution in [3.63, 3.8) is 0 Å². The topological polar surface area (TPSA) is 43.8 Å². The van der Waals surface area contributed by atoms with Crippen LogP contribution in [0.1, 0.15) is 44.3 Å². The summed E-state index contributed by atoms with van der Waals surface area (Å²) in [6.07, 6.45) is 8.52. The van der Waals surface area contributed by atoms with Crippen LogP contribution in [0, 0.1) is 17.6 Å². The van der Waals surface area contributed by atoms with Gasteiger partial charge in [0.05, 0.1) is 11.0 Å². The second-order valence-corrected chi connectivity index (χ2v) is 6.27. The average Bonchev–Trinajstić information content (AvgIpc) is 2.84.